The van der Waals surface area contributed by atoms with E-state index in [0.717, 1.165) is 25.0 Å². The molecule has 2 nitrogen and oxygen atoms in total. The number of benzene rings is 2. The maximum Gasteiger partial charge on any atom is 0.157 e. The minimum atomic E-state index is 0. The van der Waals surface area contributed by atoms with E-state index in [1.807, 2.05) is 24.3 Å². The number of nitrogens with zero attached hydrogens (tertiary/aromatic N) is 1. The topological polar surface area (TPSA) is 21.6 Å². The van der Waals surface area contributed by atoms with E-state index in [1.165, 1.54) is 11.1 Å². The van der Waals surface area contributed by atoms with Crippen LogP contribution >= 0.6 is 12.4 Å². The van der Waals surface area contributed by atoms with Gasteiger partial charge in [0, 0.05) is 6.42 Å². The average molecular weight is 288 g/mol. The molecule has 1 aliphatic heterocycles. The Balaban J connectivity index is 0.00000147. The molecule has 3 rings (SSSR count). The standard InChI is InChI=1S/C17H17NO.ClH/c1-3-7-14(8-4-1)11-12-16-13-17(19-18-16)15-9-5-2-6-10-15;/h1-10,17H,11-13H2;1H. The van der Waals surface area contributed by atoms with Crippen LogP contribution in [0.2, 0.25) is 0 Å². The fourth-order valence-corrected chi connectivity index (χ4v) is 2.35. The lowest BCUT2D eigenvalue weighted by molar-refractivity contribution is 0.0857. The van der Waals surface area contributed by atoms with Gasteiger partial charge in [-0.3, -0.25) is 0 Å². The highest BCUT2D eigenvalue weighted by atomic mass is 35.5. The van der Waals surface area contributed by atoms with Crippen molar-refractivity contribution in [3.05, 3.63) is 71.8 Å². The zero-order valence-electron chi connectivity index (χ0n) is 11.2. The van der Waals surface area contributed by atoms with Crippen molar-refractivity contribution < 1.29 is 4.84 Å². The van der Waals surface area contributed by atoms with Crippen molar-refractivity contribution in [1.29, 1.82) is 0 Å². The van der Waals surface area contributed by atoms with Crippen LogP contribution in [0.5, 0.6) is 0 Å². The maximum atomic E-state index is 5.53. The molecule has 2 aromatic rings. The fraction of sp³-hybridized carbons (Fsp3) is 0.235. The van der Waals surface area contributed by atoms with Gasteiger partial charge < -0.3 is 4.84 Å². The van der Waals surface area contributed by atoms with Crippen molar-refractivity contribution in [1.82, 2.24) is 0 Å². The molecule has 0 radical (unpaired) electrons. The van der Waals surface area contributed by atoms with Crippen LogP contribution in [0.25, 0.3) is 0 Å². The van der Waals surface area contributed by atoms with Gasteiger partial charge in [0.05, 0.1) is 5.71 Å². The molecule has 0 N–H and O–H groups in total. The third-order valence-corrected chi connectivity index (χ3v) is 3.45. The van der Waals surface area contributed by atoms with Crippen molar-refractivity contribution >= 4 is 18.1 Å². The summed E-state index contributed by atoms with van der Waals surface area (Å²) in [4.78, 5) is 5.53. The van der Waals surface area contributed by atoms with Gasteiger partial charge in [0.2, 0.25) is 0 Å². The summed E-state index contributed by atoms with van der Waals surface area (Å²) in [7, 11) is 0. The Hall–Kier alpha value is -1.80. The number of rotatable bonds is 4. The molecule has 2 aromatic carbocycles. The van der Waals surface area contributed by atoms with Crippen molar-refractivity contribution in [2.24, 2.45) is 5.16 Å². The summed E-state index contributed by atoms with van der Waals surface area (Å²) in [5, 5.41) is 4.23. The Morgan fingerprint density at radius 3 is 2.25 bits per heavy atom. The highest BCUT2D eigenvalue weighted by molar-refractivity contribution is 5.86. The number of aryl methyl sites for hydroxylation is 1. The van der Waals surface area contributed by atoms with Gasteiger partial charge in [-0.15, -0.1) is 12.4 Å². The van der Waals surface area contributed by atoms with Crippen molar-refractivity contribution in [2.75, 3.05) is 0 Å². The van der Waals surface area contributed by atoms with Crippen LogP contribution in [0.1, 0.15) is 30.1 Å². The predicted octanol–water partition coefficient (Wildman–Crippen LogP) is 4.56. The molecule has 20 heavy (non-hydrogen) atoms. The molecule has 0 aromatic heterocycles. The highest BCUT2D eigenvalue weighted by Crippen LogP contribution is 2.28. The van der Waals surface area contributed by atoms with Gasteiger partial charge >= 0.3 is 0 Å². The van der Waals surface area contributed by atoms with Gasteiger partial charge in [-0.2, -0.15) is 0 Å². The molecule has 1 atom stereocenters. The smallest absolute Gasteiger partial charge is 0.157 e. The summed E-state index contributed by atoms with van der Waals surface area (Å²) in [6.07, 6.45) is 3.03. The van der Waals surface area contributed by atoms with Gasteiger partial charge in [-0.25, -0.2) is 0 Å². The lowest BCUT2D eigenvalue weighted by atomic mass is 10.0. The number of hydrogen-bond donors (Lipinski definition) is 0. The molecule has 0 saturated heterocycles. The number of oxime groups is 1. The van der Waals surface area contributed by atoms with Crippen molar-refractivity contribution in [2.45, 2.75) is 25.4 Å². The zero-order chi connectivity index (χ0) is 12.9. The second-order valence-corrected chi connectivity index (χ2v) is 4.85. The first-order valence-corrected chi connectivity index (χ1v) is 6.72. The molecular formula is C17H18ClNO. The lowest BCUT2D eigenvalue weighted by Gasteiger charge is -2.07. The van der Waals surface area contributed by atoms with Gasteiger partial charge in [-0.05, 0) is 24.0 Å². The zero-order valence-corrected chi connectivity index (χ0v) is 12.1. The Bertz CT molecular complexity index is 554. The highest BCUT2D eigenvalue weighted by Gasteiger charge is 2.21. The van der Waals surface area contributed by atoms with E-state index < -0.39 is 0 Å². The average Bonchev–Trinajstić information content (AvgIpc) is 2.96. The Morgan fingerprint density at radius 2 is 1.55 bits per heavy atom. The SMILES string of the molecule is Cl.c1ccc(CCC2=NOC(c3ccccc3)C2)cc1. The summed E-state index contributed by atoms with van der Waals surface area (Å²) >= 11 is 0. The Morgan fingerprint density at radius 1 is 0.900 bits per heavy atom. The van der Waals surface area contributed by atoms with Crippen LogP contribution in [0, 0.1) is 0 Å². The molecule has 0 aliphatic carbocycles. The summed E-state index contributed by atoms with van der Waals surface area (Å²) in [6, 6.07) is 20.8. The van der Waals surface area contributed by atoms with E-state index in [-0.39, 0.29) is 18.5 Å². The second-order valence-electron chi connectivity index (χ2n) is 4.85. The fourth-order valence-electron chi connectivity index (χ4n) is 2.35. The van der Waals surface area contributed by atoms with Crippen LogP contribution in [-0.4, -0.2) is 5.71 Å². The van der Waals surface area contributed by atoms with Crippen LogP contribution < -0.4 is 0 Å². The number of halogens is 1. The third-order valence-electron chi connectivity index (χ3n) is 3.45. The van der Waals surface area contributed by atoms with E-state index in [9.17, 15) is 0 Å². The lowest BCUT2D eigenvalue weighted by Crippen LogP contribution is -2.01. The molecule has 1 heterocycles. The second kappa shape index (κ2) is 7.11. The number of hydrogen-bond acceptors (Lipinski definition) is 2. The third kappa shape index (κ3) is 3.61. The molecule has 0 amide bonds. The summed E-state index contributed by atoms with van der Waals surface area (Å²) in [6.45, 7) is 0. The largest absolute Gasteiger partial charge is 0.387 e. The molecule has 0 fully saturated rings. The van der Waals surface area contributed by atoms with Crippen LogP contribution in [0.3, 0.4) is 0 Å². The first-order chi connectivity index (χ1) is 9.42. The van der Waals surface area contributed by atoms with Crippen LogP contribution in [-0.2, 0) is 11.3 Å². The van der Waals surface area contributed by atoms with E-state index in [0.29, 0.717) is 0 Å². The first kappa shape index (κ1) is 14.6. The molecule has 104 valence electrons. The minimum Gasteiger partial charge on any atom is -0.387 e. The van der Waals surface area contributed by atoms with Gasteiger partial charge in [-0.1, -0.05) is 65.8 Å². The normalized spacial score (nSPS) is 17.0. The van der Waals surface area contributed by atoms with Gasteiger partial charge in [0.1, 0.15) is 0 Å². The molecular weight excluding hydrogens is 270 g/mol. The molecule has 0 spiro atoms. The molecule has 0 saturated carbocycles. The predicted molar refractivity (Wildman–Crippen MR) is 84.3 cm³/mol. The van der Waals surface area contributed by atoms with E-state index in [4.69, 9.17) is 4.84 Å². The van der Waals surface area contributed by atoms with E-state index in [2.05, 4.69) is 41.6 Å². The molecule has 3 heteroatoms. The van der Waals surface area contributed by atoms with Crippen molar-refractivity contribution in [3.8, 4) is 0 Å². The Kier molecular flexibility index (Phi) is 5.19. The van der Waals surface area contributed by atoms with Gasteiger partial charge in [0.15, 0.2) is 6.10 Å². The van der Waals surface area contributed by atoms with Crippen LogP contribution in [0.15, 0.2) is 65.8 Å². The first-order valence-electron chi connectivity index (χ1n) is 6.72. The van der Waals surface area contributed by atoms with Gasteiger partial charge in [0.25, 0.3) is 0 Å². The van der Waals surface area contributed by atoms with Crippen molar-refractivity contribution in [3.63, 3.8) is 0 Å². The van der Waals surface area contributed by atoms with E-state index in [1.54, 1.807) is 0 Å². The summed E-state index contributed by atoms with van der Waals surface area (Å²) in [5.41, 5.74) is 3.73. The van der Waals surface area contributed by atoms with Crippen LogP contribution in [0.4, 0.5) is 0 Å². The quantitative estimate of drug-likeness (QED) is 0.808. The molecule has 0 bridgehead atoms. The minimum absolute atomic E-state index is 0. The molecule has 1 aliphatic rings. The molecule has 1 unspecified atom stereocenters. The summed E-state index contributed by atoms with van der Waals surface area (Å²) in [5.74, 6) is 0. The maximum absolute atomic E-state index is 5.53. The van der Waals surface area contributed by atoms with E-state index >= 15 is 0 Å². The summed E-state index contributed by atoms with van der Waals surface area (Å²) < 4.78 is 0. The Labute approximate surface area is 125 Å². The monoisotopic (exact) mass is 287 g/mol.